The van der Waals surface area contributed by atoms with E-state index in [1.54, 1.807) is 0 Å². The molecule has 0 saturated carbocycles. The number of hydrogen-bond donors (Lipinski definition) is 0. The first kappa shape index (κ1) is 19.3. The number of aryl methyl sites for hydroxylation is 1. The van der Waals surface area contributed by atoms with Crippen molar-refractivity contribution in [3.8, 4) is 5.69 Å². The van der Waals surface area contributed by atoms with Crippen LogP contribution in [0, 0.1) is 6.92 Å². The molecule has 0 spiro atoms. The summed E-state index contributed by atoms with van der Waals surface area (Å²) in [6.45, 7) is 4.45. The summed E-state index contributed by atoms with van der Waals surface area (Å²) in [6.07, 6.45) is 4.59. The summed E-state index contributed by atoms with van der Waals surface area (Å²) in [5, 5.41) is 4.83. The van der Waals surface area contributed by atoms with Crippen LogP contribution in [-0.2, 0) is 0 Å². The van der Waals surface area contributed by atoms with Gasteiger partial charge in [0.05, 0.1) is 11.0 Å². The van der Waals surface area contributed by atoms with Crippen LogP contribution < -0.4 is 4.90 Å². The van der Waals surface area contributed by atoms with Crippen LogP contribution in [0.15, 0.2) is 95.7 Å². The Balaban J connectivity index is 1.67. The van der Waals surface area contributed by atoms with E-state index < -0.39 is 0 Å². The molecule has 6 aromatic rings. The summed E-state index contributed by atoms with van der Waals surface area (Å²) < 4.78 is 8.66. The molecule has 166 valence electrons. The number of hydrogen-bond acceptors (Lipinski definition) is 3. The van der Waals surface area contributed by atoms with Gasteiger partial charge in [-0.3, -0.25) is 0 Å². The Morgan fingerprint density at radius 3 is 2.32 bits per heavy atom. The fourth-order valence-corrected chi connectivity index (χ4v) is 5.50. The predicted octanol–water partition coefficient (Wildman–Crippen LogP) is 7.56. The summed E-state index contributed by atoms with van der Waals surface area (Å²) >= 11 is 0. The van der Waals surface area contributed by atoms with Gasteiger partial charge in [-0.2, -0.15) is 0 Å². The second kappa shape index (κ2) is 6.91. The number of fused-ring (bicyclic) bond motifs is 7. The van der Waals surface area contributed by atoms with E-state index in [-0.39, 0.29) is 6.17 Å². The van der Waals surface area contributed by atoms with E-state index in [0.29, 0.717) is 0 Å². The van der Waals surface area contributed by atoms with E-state index in [9.17, 15) is 0 Å². The first-order chi connectivity index (χ1) is 16.6. The smallest absolute Gasteiger partial charge is 0.136 e. The van der Waals surface area contributed by atoms with Crippen LogP contribution in [0.1, 0.15) is 12.5 Å². The number of para-hydroxylation sites is 2. The summed E-state index contributed by atoms with van der Waals surface area (Å²) in [7, 11) is 2.12. The lowest BCUT2D eigenvalue weighted by Crippen LogP contribution is -2.33. The van der Waals surface area contributed by atoms with E-state index in [1.165, 1.54) is 38.4 Å². The van der Waals surface area contributed by atoms with Crippen molar-refractivity contribution in [1.29, 1.82) is 0 Å². The molecule has 34 heavy (non-hydrogen) atoms. The molecule has 0 saturated heterocycles. The maximum Gasteiger partial charge on any atom is 0.136 e. The third kappa shape index (κ3) is 2.54. The molecule has 4 heteroatoms. The van der Waals surface area contributed by atoms with E-state index in [1.807, 2.05) is 6.07 Å². The molecule has 3 heterocycles. The largest absolute Gasteiger partial charge is 0.456 e. The first-order valence-corrected chi connectivity index (χ1v) is 11.7. The molecule has 4 aromatic carbocycles. The van der Waals surface area contributed by atoms with Crippen molar-refractivity contribution in [3.05, 3.63) is 96.8 Å². The fourth-order valence-electron chi connectivity index (χ4n) is 5.50. The zero-order valence-electron chi connectivity index (χ0n) is 19.5. The van der Waals surface area contributed by atoms with E-state index in [2.05, 4.69) is 120 Å². The standard InChI is InChI=1S/C30H25N3O/c1-19-17-26-23(18-25(19)32-16-15-31(3)20(32)2)29-24(33(26)21-9-5-4-6-10-21)13-14-28-30(29)22-11-7-8-12-27(22)34-28/h4-18,20H,1-3H3/t20-/m0/s1. The minimum atomic E-state index is 0.272. The van der Waals surface area contributed by atoms with E-state index in [4.69, 9.17) is 4.42 Å². The molecule has 1 aliphatic rings. The molecule has 0 unspecified atom stereocenters. The van der Waals surface area contributed by atoms with Crippen LogP contribution in [0.2, 0.25) is 0 Å². The highest BCUT2D eigenvalue weighted by Crippen LogP contribution is 2.43. The van der Waals surface area contributed by atoms with Gasteiger partial charge in [-0.1, -0.05) is 36.4 Å². The number of nitrogens with zero attached hydrogens (tertiary/aromatic N) is 3. The highest BCUT2D eigenvalue weighted by molar-refractivity contribution is 6.27. The van der Waals surface area contributed by atoms with Crippen molar-refractivity contribution in [2.75, 3.05) is 11.9 Å². The quantitative estimate of drug-likeness (QED) is 0.276. The monoisotopic (exact) mass is 443 g/mol. The molecule has 0 radical (unpaired) electrons. The summed E-state index contributed by atoms with van der Waals surface area (Å²) in [5.41, 5.74) is 7.91. The molecular weight excluding hydrogens is 418 g/mol. The number of anilines is 1. The Morgan fingerprint density at radius 2 is 1.53 bits per heavy atom. The highest BCUT2D eigenvalue weighted by Gasteiger charge is 2.24. The minimum absolute atomic E-state index is 0.272. The van der Waals surface area contributed by atoms with Crippen LogP contribution >= 0.6 is 0 Å². The van der Waals surface area contributed by atoms with Gasteiger partial charge in [-0.15, -0.1) is 0 Å². The lowest BCUT2D eigenvalue weighted by atomic mass is 10.0. The Bertz CT molecular complexity index is 1760. The minimum Gasteiger partial charge on any atom is -0.456 e. The molecule has 2 aromatic heterocycles. The zero-order valence-corrected chi connectivity index (χ0v) is 19.5. The van der Waals surface area contributed by atoms with Crippen LogP contribution in [-0.4, -0.2) is 22.7 Å². The molecule has 7 rings (SSSR count). The van der Waals surface area contributed by atoms with Gasteiger partial charge in [-0.25, -0.2) is 0 Å². The third-order valence-electron chi connectivity index (χ3n) is 7.33. The van der Waals surface area contributed by atoms with Gasteiger partial charge in [0.2, 0.25) is 0 Å². The van der Waals surface area contributed by atoms with Gasteiger partial charge in [-0.05, 0) is 61.9 Å². The Morgan fingerprint density at radius 1 is 0.735 bits per heavy atom. The van der Waals surface area contributed by atoms with Crippen molar-refractivity contribution in [3.63, 3.8) is 0 Å². The van der Waals surface area contributed by atoms with Gasteiger partial charge in [0.1, 0.15) is 17.3 Å². The van der Waals surface area contributed by atoms with Crippen LogP contribution in [0.4, 0.5) is 5.69 Å². The first-order valence-electron chi connectivity index (χ1n) is 11.7. The third-order valence-corrected chi connectivity index (χ3v) is 7.33. The lowest BCUT2D eigenvalue weighted by Gasteiger charge is -2.28. The topological polar surface area (TPSA) is 24.6 Å². The molecule has 0 amide bonds. The highest BCUT2D eigenvalue weighted by atomic mass is 16.3. The van der Waals surface area contributed by atoms with E-state index >= 15 is 0 Å². The Kier molecular flexibility index (Phi) is 3.92. The normalized spacial score (nSPS) is 16.1. The maximum absolute atomic E-state index is 6.27. The summed E-state index contributed by atoms with van der Waals surface area (Å²) in [6, 6.07) is 28.0. The van der Waals surface area contributed by atoms with Crippen LogP contribution in [0.5, 0.6) is 0 Å². The number of furan rings is 1. The molecular formula is C30H25N3O. The van der Waals surface area contributed by atoms with Crippen LogP contribution in [0.3, 0.4) is 0 Å². The zero-order chi connectivity index (χ0) is 23.0. The maximum atomic E-state index is 6.27. The Hall–Kier alpha value is -4.18. The van der Waals surface area contributed by atoms with Crippen molar-refractivity contribution in [1.82, 2.24) is 9.47 Å². The van der Waals surface area contributed by atoms with Crippen molar-refractivity contribution >= 4 is 49.4 Å². The lowest BCUT2D eigenvalue weighted by molar-refractivity contribution is 0.383. The Labute approximate surface area is 197 Å². The molecule has 0 bridgehead atoms. The van der Waals surface area contributed by atoms with Crippen molar-refractivity contribution in [2.45, 2.75) is 20.0 Å². The SMILES string of the molecule is Cc1cc2c(cc1N1C=CN(C)[C@@H]1C)c1c3c(ccc1n2-c1ccccc1)oc1ccccc13. The molecule has 1 aliphatic heterocycles. The van der Waals surface area contributed by atoms with Gasteiger partial charge in [0.15, 0.2) is 0 Å². The van der Waals surface area contributed by atoms with Gasteiger partial charge >= 0.3 is 0 Å². The summed E-state index contributed by atoms with van der Waals surface area (Å²) in [4.78, 5) is 4.59. The number of rotatable bonds is 2. The molecule has 1 atom stereocenters. The van der Waals surface area contributed by atoms with E-state index in [0.717, 1.165) is 22.2 Å². The molecule has 0 aliphatic carbocycles. The summed E-state index contributed by atoms with van der Waals surface area (Å²) in [5.74, 6) is 0. The predicted molar refractivity (Wildman–Crippen MR) is 142 cm³/mol. The van der Waals surface area contributed by atoms with Crippen LogP contribution in [0.25, 0.3) is 49.4 Å². The van der Waals surface area contributed by atoms with Crippen molar-refractivity contribution in [2.24, 2.45) is 0 Å². The molecule has 0 N–H and O–H groups in total. The number of benzene rings is 4. The molecule has 0 fully saturated rings. The van der Waals surface area contributed by atoms with Gasteiger partial charge in [0, 0.05) is 52.4 Å². The second-order valence-corrected chi connectivity index (χ2v) is 9.26. The number of aromatic nitrogens is 1. The van der Waals surface area contributed by atoms with Crippen molar-refractivity contribution < 1.29 is 4.42 Å². The molecule has 4 nitrogen and oxygen atoms in total. The fraction of sp³-hybridized carbons (Fsp3) is 0.133. The van der Waals surface area contributed by atoms with Gasteiger partial charge < -0.3 is 18.8 Å². The second-order valence-electron chi connectivity index (χ2n) is 9.26. The average molecular weight is 444 g/mol. The average Bonchev–Trinajstić information content (AvgIpc) is 3.50. The van der Waals surface area contributed by atoms with Gasteiger partial charge in [0.25, 0.3) is 0 Å².